The van der Waals surface area contributed by atoms with Crippen molar-refractivity contribution >= 4 is 17.5 Å². The minimum Gasteiger partial charge on any atom is -0.378 e. The topological polar surface area (TPSA) is 84.4 Å². The first-order valence-corrected chi connectivity index (χ1v) is 7.29. The van der Waals surface area contributed by atoms with Crippen molar-refractivity contribution in [3.8, 4) is 0 Å². The Kier molecular flexibility index (Phi) is 4.58. The maximum absolute atomic E-state index is 12.6. The lowest BCUT2D eigenvalue weighted by Gasteiger charge is -2.27. The fourth-order valence-electron chi connectivity index (χ4n) is 2.32. The summed E-state index contributed by atoms with van der Waals surface area (Å²) in [6.45, 7) is 2.15. The number of carbonyl (C=O) groups excluding carboxylic acids is 2. The molecule has 2 heterocycles. The first-order chi connectivity index (χ1) is 11.3. The van der Waals surface area contributed by atoms with Crippen molar-refractivity contribution in [3.05, 3.63) is 54.1 Å². The van der Waals surface area contributed by atoms with E-state index in [1.54, 1.807) is 29.2 Å². The van der Waals surface area contributed by atoms with Crippen molar-refractivity contribution in [3.63, 3.8) is 0 Å². The molecule has 0 atom stereocenters. The second-order valence-electron chi connectivity index (χ2n) is 4.99. The Balaban J connectivity index is 1.80. The number of para-hydroxylation sites is 1. The summed E-state index contributed by atoms with van der Waals surface area (Å²) in [4.78, 5) is 34.4. The standard InChI is InChI=1S/C16H16N4O3/c21-15(14-11-17-5-6-18-14)19-13-4-2-1-3-12(13)16(22)20-7-9-23-10-8-20/h1-6,11H,7-10H2,(H,19,21). The number of aromatic nitrogens is 2. The monoisotopic (exact) mass is 312 g/mol. The van der Waals surface area contributed by atoms with Gasteiger partial charge in [0.1, 0.15) is 5.69 Å². The van der Waals surface area contributed by atoms with Gasteiger partial charge in [-0.15, -0.1) is 0 Å². The van der Waals surface area contributed by atoms with Crippen molar-refractivity contribution in [2.45, 2.75) is 0 Å². The average molecular weight is 312 g/mol. The number of rotatable bonds is 3. The van der Waals surface area contributed by atoms with Crippen molar-refractivity contribution in [1.29, 1.82) is 0 Å². The maximum atomic E-state index is 12.6. The Morgan fingerprint density at radius 1 is 1.13 bits per heavy atom. The number of benzene rings is 1. The molecular formula is C16H16N4O3. The van der Waals surface area contributed by atoms with Gasteiger partial charge in [0, 0.05) is 25.5 Å². The zero-order valence-corrected chi connectivity index (χ0v) is 12.4. The largest absolute Gasteiger partial charge is 0.378 e. The van der Waals surface area contributed by atoms with Crippen LogP contribution >= 0.6 is 0 Å². The van der Waals surface area contributed by atoms with Gasteiger partial charge < -0.3 is 15.0 Å². The van der Waals surface area contributed by atoms with E-state index in [1.807, 2.05) is 0 Å². The van der Waals surface area contributed by atoms with Crippen LogP contribution < -0.4 is 5.32 Å². The zero-order chi connectivity index (χ0) is 16.1. The minimum absolute atomic E-state index is 0.122. The van der Waals surface area contributed by atoms with Crippen molar-refractivity contribution in [2.75, 3.05) is 31.6 Å². The summed E-state index contributed by atoms with van der Waals surface area (Å²) >= 11 is 0. The van der Waals surface area contributed by atoms with E-state index in [0.29, 0.717) is 37.6 Å². The van der Waals surface area contributed by atoms with Crippen LogP contribution in [-0.4, -0.2) is 53.0 Å². The smallest absolute Gasteiger partial charge is 0.275 e. The lowest BCUT2D eigenvalue weighted by Crippen LogP contribution is -2.41. The van der Waals surface area contributed by atoms with Gasteiger partial charge in [0.05, 0.1) is 30.7 Å². The highest BCUT2D eigenvalue weighted by Crippen LogP contribution is 2.18. The molecule has 1 aromatic heterocycles. The molecule has 23 heavy (non-hydrogen) atoms. The van der Waals surface area contributed by atoms with Crippen molar-refractivity contribution in [1.82, 2.24) is 14.9 Å². The maximum Gasteiger partial charge on any atom is 0.275 e. The van der Waals surface area contributed by atoms with Gasteiger partial charge in [-0.2, -0.15) is 0 Å². The molecule has 1 fully saturated rings. The van der Waals surface area contributed by atoms with E-state index in [0.717, 1.165) is 0 Å². The van der Waals surface area contributed by atoms with Crippen LogP contribution in [0, 0.1) is 0 Å². The summed E-state index contributed by atoms with van der Waals surface area (Å²) in [5.41, 5.74) is 1.10. The molecule has 1 aliphatic heterocycles. The second kappa shape index (κ2) is 6.97. The molecule has 1 N–H and O–H groups in total. The second-order valence-corrected chi connectivity index (χ2v) is 4.99. The molecule has 1 saturated heterocycles. The van der Waals surface area contributed by atoms with Gasteiger partial charge >= 0.3 is 0 Å². The highest BCUT2D eigenvalue weighted by Gasteiger charge is 2.21. The van der Waals surface area contributed by atoms with Crippen molar-refractivity contribution < 1.29 is 14.3 Å². The number of carbonyl (C=O) groups is 2. The van der Waals surface area contributed by atoms with E-state index in [9.17, 15) is 9.59 Å². The molecule has 1 aromatic carbocycles. The molecule has 0 unspecified atom stereocenters. The van der Waals surface area contributed by atoms with E-state index in [2.05, 4.69) is 15.3 Å². The number of anilines is 1. The summed E-state index contributed by atoms with van der Waals surface area (Å²) in [6, 6.07) is 6.93. The van der Waals surface area contributed by atoms with Gasteiger partial charge in [-0.05, 0) is 12.1 Å². The van der Waals surface area contributed by atoms with Crippen LogP contribution in [0.15, 0.2) is 42.9 Å². The van der Waals surface area contributed by atoms with Crippen LogP contribution in [-0.2, 0) is 4.74 Å². The van der Waals surface area contributed by atoms with E-state index >= 15 is 0 Å². The normalized spacial score (nSPS) is 14.3. The van der Waals surface area contributed by atoms with E-state index in [-0.39, 0.29) is 11.6 Å². The van der Waals surface area contributed by atoms with Crippen molar-refractivity contribution in [2.24, 2.45) is 0 Å². The summed E-state index contributed by atoms with van der Waals surface area (Å²) in [7, 11) is 0. The Bertz CT molecular complexity index is 699. The quantitative estimate of drug-likeness (QED) is 0.920. The molecule has 1 aliphatic rings. The predicted molar refractivity (Wildman–Crippen MR) is 83.1 cm³/mol. The van der Waals surface area contributed by atoms with Crippen LogP contribution in [0.25, 0.3) is 0 Å². The van der Waals surface area contributed by atoms with Gasteiger partial charge in [-0.3, -0.25) is 14.6 Å². The van der Waals surface area contributed by atoms with Gasteiger partial charge in [-0.25, -0.2) is 4.98 Å². The summed E-state index contributed by atoms with van der Waals surface area (Å²) in [5, 5.41) is 2.73. The number of nitrogens with zero attached hydrogens (tertiary/aromatic N) is 3. The van der Waals surface area contributed by atoms with Crippen LogP contribution in [0.3, 0.4) is 0 Å². The molecule has 7 heteroatoms. The molecule has 118 valence electrons. The zero-order valence-electron chi connectivity index (χ0n) is 12.4. The molecule has 0 aliphatic carbocycles. The fourth-order valence-corrected chi connectivity index (χ4v) is 2.32. The molecule has 3 rings (SSSR count). The third-order valence-corrected chi connectivity index (χ3v) is 3.50. The number of morpholine rings is 1. The summed E-state index contributed by atoms with van der Waals surface area (Å²) < 4.78 is 5.26. The van der Waals surface area contributed by atoms with Crippen LogP contribution in [0.2, 0.25) is 0 Å². The number of ether oxygens (including phenoxy) is 1. The van der Waals surface area contributed by atoms with Crippen LogP contribution in [0.1, 0.15) is 20.8 Å². The lowest BCUT2D eigenvalue weighted by molar-refractivity contribution is 0.0303. The molecule has 7 nitrogen and oxygen atoms in total. The highest BCUT2D eigenvalue weighted by molar-refractivity contribution is 6.08. The molecule has 0 spiro atoms. The van der Waals surface area contributed by atoms with Gasteiger partial charge in [0.25, 0.3) is 11.8 Å². The van der Waals surface area contributed by atoms with E-state index in [4.69, 9.17) is 4.74 Å². The SMILES string of the molecule is O=C(Nc1ccccc1C(=O)N1CCOCC1)c1cnccn1. The number of hydrogen-bond donors (Lipinski definition) is 1. The molecule has 2 amide bonds. The molecular weight excluding hydrogens is 296 g/mol. The number of hydrogen-bond acceptors (Lipinski definition) is 5. The first-order valence-electron chi connectivity index (χ1n) is 7.29. The summed E-state index contributed by atoms with van der Waals surface area (Å²) in [5.74, 6) is -0.524. The molecule has 0 bridgehead atoms. The highest BCUT2D eigenvalue weighted by atomic mass is 16.5. The third kappa shape index (κ3) is 3.51. The summed E-state index contributed by atoms with van der Waals surface area (Å²) in [6.07, 6.45) is 4.31. The number of nitrogens with one attached hydrogen (secondary N) is 1. The Morgan fingerprint density at radius 2 is 1.91 bits per heavy atom. The fraction of sp³-hybridized carbons (Fsp3) is 0.250. The van der Waals surface area contributed by atoms with Gasteiger partial charge in [0.2, 0.25) is 0 Å². The predicted octanol–water partition coefficient (Wildman–Crippen LogP) is 1.20. The van der Waals surface area contributed by atoms with Gasteiger partial charge in [-0.1, -0.05) is 12.1 Å². The third-order valence-electron chi connectivity index (χ3n) is 3.50. The minimum atomic E-state index is -0.402. The Morgan fingerprint density at radius 3 is 2.65 bits per heavy atom. The van der Waals surface area contributed by atoms with Gasteiger partial charge in [0.15, 0.2) is 0 Å². The first kappa shape index (κ1) is 15.1. The molecule has 0 saturated carbocycles. The lowest BCUT2D eigenvalue weighted by atomic mass is 10.1. The molecule has 2 aromatic rings. The Labute approximate surface area is 133 Å². The van der Waals surface area contributed by atoms with Crippen LogP contribution in [0.5, 0.6) is 0 Å². The average Bonchev–Trinajstić information content (AvgIpc) is 2.63. The number of amides is 2. The van der Waals surface area contributed by atoms with E-state index in [1.165, 1.54) is 18.6 Å². The van der Waals surface area contributed by atoms with E-state index < -0.39 is 5.91 Å². The molecule has 0 radical (unpaired) electrons. The Hall–Kier alpha value is -2.80. The van der Waals surface area contributed by atoms with Crippen LogP contribution in [0.4, 0.5) is 5.69 Å².